The second-order valence-corrected chi connectivity index (χ2v) is 10.0. The molecule has 1 saturated heterocycles. The molecule has 1 aliphatic heterocycles. The van der Waals surface area contributed by atoms with Gasteiger partial charge in [-0.2, -0.15) is 13.2 Å². The van der Waals surface area contributed by atoms with E-state index in [-0.39, 0.29) is 11.9 Å². The molecule has 0 spiro atoms. The Balaban J connectivity index is 1.55. The highest BCUT2D eigenvalue weighted by Gasteiger charge is 2.30. The molecule has 2 aromatic heterocycles. The lowest BCUT2D eigenvalue weighted by Crippen LogP contribution is -2.42. The molecule has 0 saturated carbocycles. The summed E-state index contributed by atoms with van der Waals surface area (Å²) in [5.74, 6) is 0.109. The number of aromatic nitrogens is 2. The number of aryl methyl sites for hydroxylation is 1. The molecular formula is C29H27ClF3N3O. The minimum atomic E-state index is -4.42. The van der Waals surface area contributed by atoms with Gasteiger partial charge in [-0.1, -0.05) is 35.9 Å². The molecule has 0 aliphatic carbocycles. The Kier molecular flexibility index (Phi) is 6.99. The maximum atomic E-state index is 13.3. The van der Waals surface area contributed by atoms with E-state index in [4.69, 9.17) is 16.6 Å². The Morgan fingerprint density at radius 2 is 1.78 bits per heavy atom. The van der Waals surface area contributed by atoms with Crippen LogP contribution in [0.5, 0.6) is 0 Å². The van der Waals surface area contributed by atoms with E-state index in [9.17, 15) is 18.0 Å². The molecule has 3 heterocycles. The fraction of sp³-hybridized carbons (Fsp3) is 0.310. The van der Waals surface area contributed by atoms with Crippen molar-refractivity contribution in [1.82, 2.24) is 14.3 Å². The van der Waals surface area contributed by atoms with Crippen molar-refractivity contribution in [2.75, 3.05) is 6.54 Å². The van der Waals surface area contributed by atoms with Crippen LogP contribution in [0.15, 0.2) is 66.9 Å². The number of carbonyl (C=O) groups excluding carboxylic acids is 1. The van der Waals surface area contributed by atoms with Crippen LogP contribution in [-0.4, -0.2) is 32.8 Å². The first kappa shape index (κ1) is 25.3. The SMILES string of the molecule is CC1CCCCN1C(=O)CCc1c(-c2ccc(Cl)cc2)nc2ccc(-c3cccc(C(F)(F)F)c3)cn12. The molecular weight excluding hydrogens is 499 g/mol. The smallest absolute Gasteiger partial charge is 0.340 e. The highest BCUT2D eigenvalue weighted by Crippen LogP contribution is 2.33. The summed E-state index contributed by atoms with van der Waals surface area (Å²) in [4.78, 5) is 19.9. The molecule has 4 nitrogen and oxygen atoms in total. The number of hydrogen-bond acceptors (Lipinski definition) is 2. The number of carbonyl (C=O) groups is 1. The van der Waals surface area contributed by atoms with E-state index in [2.05, 4.69) is 6.92 Å². The van der Waals surface area contributed by atoms with Crippen molar-refractivity contribution in [2.24, 2.45) is 0 Å². The summed E-state index contributed by atoms with van der Waals surface area (Å²) in [6.07, 6.45) is 1.32. The maximum Gasteiger partial charge on any atom is 0.416 e. The number of pyridine rings is 1. The van der Waals surface area contributed by atoms with E-state index in [1.165, 1.54) is 6.07 Å². The molecule has 1 fully saturated rings. The average molecular weight is 526 g/mol. The summed E-state index contributed by atoms with van der Waals surface area (Å²) in [5, 5.41) is 0.607. The van der Waals surface area contributed by atoms with Crippen LogP contribution in [0.3, 0.4) is 0 Å². The number of fused-ring (bicyclic) bond motifs is 1. The predicted molar refractivity (Wildman–Crippen MR) is 139 cm³/mol. The van der Waals surface area contributed by atoms with Gasteiger partial charge in [0.1, 0.15) is 5.65 Å². The lowest BCUT2D eigenvalue weighted by molar-refractivity contribution is -0.137. The van der Waals surface area contributed by atoms with Crippen LogP contribution in [0.2, 0.25) is 5.02 Å². The Labute approximate surface area is 218 Å². The lowest BCUT2D eigenvalue weighted by Gasteiger charge is -2.33. The van der Waals surface area contributed by atoms with Gasteiger partial charge in [-0.05, 0) is 80.1 Å². The molecule has 4 aromatic rings. The van der Waals surface area contributed by atoms with Crippen LogP contribution >= 0.6 is 11.6 Å². The number of imidazole rings is 1. The van der Waals surface area contributed by atoms with Crippen molar-refractivity contribution in [3.8, 4) is 22.4 Å². The summed E-state index contributed by atoms with van der Waals surface area (Å²) in [5.41, 5.74) is 3.50. The Morgan fingerprint density at radius 3 is 2.51 bits per heavy atom. The third-order valence-corrected chi connectivity index (χ3v) is 7.31. The average Bonchev–Trinajstić information content (AvgIpc) is 3.25. The van der Waals surface area contributed by atoms with Crippen LogP contribution in [0.1, 0.15) is 43.9 Å². The molecule has 37 heavy (non-hydrogen) atoms. The normalized spacial score (nSPS) is 16.4. The largest absolute Gasteiger partial charge is 0.416 e. The third kappa shape index (κ3) is 5.37. The standard InChI is InChI=1S/C29H27ClF3N3O/c1-19-5-2-3-16-35(19)27(37)15-13-25-28(20-8-11-24(30)12-9-20)34-26-14-10-22(18-36(25)26)21-6-4-7-23(17-21)29(31,32)33/h4,6-12,14,17-19H,2-3,5,13,15-16H2,1H3. The van der Waals surface area contributed by atoms with E-state index in [1.807, 2.05) is 21.4 Å². The zero-order valence-electron chi connectivity index (χ0n) is 20.4. The number of amides is 1. The first-order valence-corrected chi connectivity index (χ1v) is 12.8. The summed E-state index contributed by atoms with van der Waals surface area (Å²) in [6.45, 7) is 2.86. The van der Waals surface area contributed by atoms with Gasteiger partial charge in [0.2, 0.25) is 5.91 Å². The Morgan fingerprint density at radius 1 is 1.03 bits per heavy atom. The summed E-state index contributed by atoms with van der Waals surface area (Å²) in [7, 11) is 0. The summed E-state index contributed by atoms with van der Waals surface area (Å²) < 4.78 is 41.8. The van der Waals surface area contributed by atoms with Crippen molar-refractivity contribution in [3.05, 3.63) is 83.1 Å². The van der Waals surface area contributed by atoms with Gasteiger partial charge in [-0.15, -0.1) is 0 Å². The van der Waals surface area contributed by atoms with E-state index in [1.54, 1.807) is 36.5 Å². The highest BCUT2D eigenvalue weighted by molar-refractivity contribution is 6.30. The van der Waals surface area contributed by atoms with Gasteiger partial charge in [0.25, 0.3) is 0 Å². The van der Waals surface area contributed by atoms with Crippen LogP contribution < -0.4 is 0 Å². The predicted octanol–water partition coefficient (Wildman–Crippen LogP) is 7.67. The number of halogens is 4. The second kappa shape index (κ2) is 10.2. The topological polar surface area (TPSA) is 37.6 Å². The fourth-order valence-electron chi connectivity index (χ4n) is 5.05. The number of piperidine rings is 1. The molecule has 0 N–H and O–H groups in total. The number of alkyl halides is 3. The third-order valence-electron chi connectivity index (χ3n) is 7.06. The minimum Gasteiger partial charge on any atom is -0.340 e. The van der Waals surface area contributed by atoms with E-state index >= 15 is 0 Å². The highest BCUT2D eigenvalue weighted by atomic mass is 35.5. The van der Waals surface area contributed by atoms with E-state index in [0.29, 0.717) is 34.6 Å². The lowest BCUT2D eigenvalue weighted by atomic mass is 10.0. The molecule has 8 heteroatoms. The first-order chi connectivity index (χ1) is 17.7. The van der Waals surface area contributed by atoms with Crippen LogP contribution in [0, 0.1) is 0 Å². The van der Waals surface area contributed by atoms with Crippen molar-refractivity contribution in [1.29, 1.82) is 0 Å². The number of nitrogens with zero attached hydrogens (tertiary/aromatic N) is 3. The minimum absolute atomic E-state index is 0.109. The zero-order chi connectivity index (χ0) is 26.2. The van der Waals surface area contributed by atoms with E-state index < -0.39 is 11.7 Å². The van der Waals surface area contributed by atoms with Gasteiger partial charge in [-0.3, -0.25) is 4.79 Å². The molecule has 1 aliphatic rings. The number of rotatable bonds is 5. The Hall–Kier alpha value is -3.32. The van der Waals surface area contributed by atoms with Gasteiger partial charge >= 0.3 is 6.18 Å². The second-order valence-electron chi connectivity index (χ2n) is 9.57. The number of benzene rings is 2. The van der Waals surface area contributed by atoms with Crippen LogP contribution in [0.25, 0.3) is 28.0 Å². The van der Waals surface area contributed by atoms with Gasteiger partial charge in [0.05, 0.1) is 17.0 Å². The fourth-order valence-corrected chi connectivity index (χ4v) is 5.18. The summed E-state index contributed by atoms with van der Waals surface area (Å²) in [6, 6.07) is 16.4. The van der Waals surface area contributed by atoms with Crippen LogP contribution in [0.4, 0.5) is 13.2 Å². The quantitative estimate of drug-likeness (QED) is 0.268. The van der Waals surface area contributed by atoms with Gasteiger partial charge < -0.3 is 9.30 Å². The van der Waals surface area contributed by atoms with Gasteiger partial charge in [-0.25, -0.2) is 4.98 Å². The molecule has 1 atom stereocenters. The molecule has 2 aromatic carbocycles. The van der Waals surface area contributed by atoms with Crippen molar-refractivity contribution in [3.63, 3.8) is 0 Å². The molecule has 1 amide bonds. The summed E-state index contributed by atoms with van der Waals surface area (Å²) >= 11 is 6.10. The Bertz CT molecular complexity index is 1430. The zero-order valence-corrected chi connectivity index (χ0v) is 21.2. The number of hydrogen-bond donors (Lipinski definition) is 0. The first-order valence-electron chi connectivity index (χ1n) is 12.4. The monoisotopic (exact) mass is 525 g/mol. The molecule has 0 radical (unpaired) electrons. The molecule has 1 unspecified atom stereocenters. The van der Waals surface area contributed by atoms with E-state index in [0.717, 1.165) is 54.9 Å². The van der Waals surface area contributed by atoms with Gasteiger partial charge in [0, 0.05) is 35.8 Å². The van der Waals surface area contributed by atoms with Gasteiger partial charge in [0.15, 0.2) is 0 Å². The maximum absolute atomic E-state index is 13.3. The van der Waals surface area contributed by atoms with Crippen LogP contribution in [-0.2, 0) is 17.4 Å². The van der Waals surface area contributed by atoms with Crippen molar-refractivity contribution >= 4 is 23.2 Å². The number of likely N-dealkylation sites (tertiary alicyclic amines) is 1. The molecule has 192 valence electrons. The van der Waals surface area contributed by atoms with Crippen molar-refractivity contribution < 1.29 is 18.0 Å². The molecule has 0 bridgehead atoms. The molecule has 5 rings (SSSR count). The van der Waals surface area contributed by atoms with Crippen molar-refractivity contribution in [2.45, 2.75) is 51.2 Å².